The Morgan fingerprint density at radius 1 is 1.18 bits per heavy atom. The van der Waals surface area contributed by atoms with Crippen LogP contribution in [0.1, 0.15) is 59.8 Å². The van der Waals surface area contributed by atoms with Gasteiger partial charge in [-0.2, -0.15) is 0 Å². The van der Waals surface area contributed by atoms with Crippen LogP contribution in [0.2, 0.25) is 0 Å². The van der Waals surface area contributed by atoms with E-state index in [1.165, 1.54) is 51.7 Å². The Kier molecular flexibility index (Phi) is 6.50. The van der Waals surface area contributed by atoms with Gasteiger partial charge in [-0.05, 0) is 50.7 Å². The van der Waals surface area contributed by atoms with Crippen molar-refractivity contribution in [1.29, 1.82) is 0 Å². The first-order valence-corrected chi connectivity index (χ1v) is 7.53. The Balaban J connectivity index is 2.38. The maximum atomic E-state index is 3.63. The second kappa shape index (κ2) is 7.38. The van der Waals surface area contributed by atoms with Gasteiger partial charge in [-0.3, -0.25) is 0 Å². The zero-order chi connectivity index (χ0) is 12.7. The summed E-state index contributed by atoms with van der Waals surface area (Å²) in [5, 5.41) is 3.63. The summed E-state index contributed by atoms with van der Waals surface area (Å²) in [7, 11) is 0. The maximum Gasteiger partial charge on any atom is 0.0194 e. The van der Waals surface area contributed by atoms with E-state index in [0.717, 1.165) is 6.54 Å². The molecule has 2 heteroatoms. The molecule has 1 rings (SSSR count). The van der Waals surface area contributed by atoms with Crippen LogP contribution < -0.4 is 5.32 Å². The minimum Gasteiger partial charge on any atom is -0.313 e. The van der Waals surface area contributed by atoms with Gasteiger partial charge < -0.3 is 10.2 Å². The third-order valence-corrected chi connectivity index (χ3v) is 4.04. The van der Waals surface area contributed by atoms with E-state index in [2.05, 4.69) is 37.9 Å². The van der Waals surface area contributed by atoms with Crippen LogP contribution in [-0.4, -0.2) is 37.1 Å². The molecule has 0 aromatic rings. The average molecular weight is 240 g/mol. The van der Waals surface area contributed by atoms with E-state index < -0.39 is 0 Å². The van der Waals surface area contributed by atoms with Crippen molar-refractivity contribution < 1.29 is 0 Å². The van der Waals surface area contributed by atoms with Gasteiger partial charge in [-0.25, -0.2) is 0 Å². The molecule has 1 atom stereocenters. The molecule has 1 saturated heterocycles. The monoisotopic (exact) mass is 240 g/mol. The lowest BCUT2D eigenvalue weighted by atomic mass is 9.85. The summed E-state index contributed by atoms with van der Waals surface area (Å²) < 4.78 is 0. The molecule has 1 unspecified atom stereocenters. The Bertz CT molecular complexity index is 195. The standard InChI is InChI=1S/C15H32N2/c1-5-8-14(16-6-2)13-17-11-7-9-15(3,4)10-12-17/h14,16H,5-13H2,1-4H3. The fourth-order valence-electron chi connectivity index (χ4n) is 2.87. The molecule has 1 N–H and O–H groups in total. The molecule has 1 heterocycles. The number of likely N-dealkylation sites (tertiary alicyclic amines) is 1. The first-order valence-electron chi connectivity index (χ1n) is 7.53. The van der Waals surface area contributed by atoms with E-state index in [9.17, 15) is 0 Å². The second-order valence-electron chi connectivity index (χ2n) is 6.36. The van der Waals surface area contributed by atoms with Crippen molar-refractivity contribution in [2.45, 2.75) is 65.8 Å². The molecule has 2 nitrogen and oxygen atoms in total. The van der Waals surface area contributed by atoms with Crippen molar-refractivity contribution in [3.63, 3.8) is 0 Å². The molecular weight excluding hydrogens is 208 g/mol. The smallest absolute Gasteiger partial charge is 0.0194 e. The predicted molar refractivity (Wildman–Crippen MR) is 76.4 cm³/mol. The van der Waals surface area contributed by atoms with Crippen LogP contribution in [0, 0.1) is 5.41 Å². The summed E-state index contributed by atoms with van der Waals surface area (Å²) in [5.41, 5.74) is 0.563. The van der Waals surface area contributed by atoms with Gasteiger partial charge in [0.1, 0.15) is 0 Å². The van der Waals surface area contributed by atoms with Gasteiger partial charge in [0.15, 0.2) is 0 Å². The Labute approximate surface area is 108 Å². The van der Waals surface area contributed by atoms with Crippen LogP contribution in [0.3, 0.4) is 0 Å². The summed E-state index contributed by atoms with van der Waals surface area (Å²) in [6, 6.07) is 0.700. The second-order valence-corrected chi connectivity index (χ2v) is 6.36. The van der Waals surface area contributed by atoms with Crippen LogP contribution in [0.5, 0.6) is 0 Å². The highest BCUT2D eigenvalue weighted by molar-refractivity contribution is 4.79. The van der Waals surface area contributed by atoms with Crippen LogP contribution in [0.25, 0.3) is 0 Å². The van der Waals surface area contributed by atoms with Gasteiger partial charge >= 0.3 is 0 Å². The summed E-state index contributed by atoms with van der Waals surface area (Å²) in [4.78, 5) is 2.68. The fraction of sp³-hybridized carbons (Fsp3) is 1.00. The van der Waals surface area contributed by atoms with E-state index in [0.29, 0.717) is 11.5 Å². The largest absolute Gasteiger partial charge is 0.313 e. The number of rotatable bonds is 6. The first-order chi connectivity index (χ1) is 8.07. The van der Waals surface area contributed by atoms with Crippen LogP contribution in [0.15, 0.2) is 0 Å². The maximum absolute atomic E-state index is 3.63. The van der Waals surface area contributed by atoms with Gasteiger partial charge in [0.25, 0.3) is 0 Å². The van der Waals surface area contributed by atoms with E-state index in [1.807, 2.05) is 0 Å². The third-order valence-electron chi connectivity index (χ3n) is 4.04. The summed E-state index contributed by atoms with van der Waals surface area (Å²) >= 11 is 0. The molecule has 0 aliphatic carbocycles. The van der Waals surface area contributed by atoms with Crippen molar-refractivity contribution in [3.05, 3.63) is 0 Å². The minimum atomic E-state index is 0.563. The van der Waals surface area contributed by atoms with Crippen molar-refractivity contribution in [2.24, 2.45) is 5.41 Å². The number of nitrogens with one attached hydrogen (secondary N) is 1. The summed E-state index contributed by atoms with van der Waals surface area (Å²) in [5.74, 6) is 0. The molecule has 17 heavy (non-hydrogen) atoms. The Hall–Kier alpha value is -0.0800. The Morgan fingerprint density at radius 3 is 2.59 bits per heavy atom. The molecule has 0 bridgehead atoms. The highest BCUT2D eigenvalue weighted by atomic mass is 15.1. The molecule has 0 radical (unpaired) electrons. The van der Waals surface area contributed by atoms with Crippen molar-refractivity contribution in [1.82, 2.24) is 10.2 Å². The number of likely N-dealkylation sites (N-methyl/N-ethyl adjacent to an activating group) is 1. The number of hydrogen-bond acceptors (Lipinski definition) is 2. The lowest BCUT2D eigenvalue weighted by Gasteiger charge is -2.27. The van der Waals surface area contributed by atoms with Crippen LogP contribution >= 0.6 is 0 Å². The van der Waals surface area contributed by atoms with Gasteiger partial charge in [0.2, 0.25) is 0 Å². The van der Waals surface area contributed by atoms with Crippen LogP contribution in [-0.2, 0) is 0 Å². The van der Waals surface area contributed by atoms with Gasteiger partial charge in [-0.15, -0.1) is 0 Å². The molecular formula is C15H32N2. The molecule has 0 spiro atoms. The minimum absolute atomic E-state index is 0.563. The zero-order valence-corrected chi connectivity index (χ0v) is 12.4. The molecule has 1 fully saturated rings. The van der Waals surface area contributed by atoms with Crippen molar-refractivity contribution in [2.75, 3.05) is 26.2 Å². The van der Waals surface area contributed by atoms with Crippen LogP contribution in [0.4, 0.5) is 0 Å². The highest BCUT2D eigenvalue weighted by Gasteiger charge is 2.23. The van der Waals surface area contributed by atoms with E-state index in [1.54, 1.807) is 0 Å². The third kappa shape index (κ3) is 5.87. The molecule has 102 valence electrons. The Morgan fingerprint density at radius 2 is 1.94 bits per heavy atom. The quantitative estimate of drug-likeness (QED) is 0.766. The van der Waals surface area contributed by atoms with E-state index in [-0.39, 0.29) is 0 Å². The molecule has 0 aromatic heterocycles. The van der Waals surface area contributed by atoms with Gasteiger partial charge in [-0.1, -0.05) is 34.1 Å². The molecule has 0 aromatic carbocycles. The van der Waals surface area contributed by atoms with E-state index >= 15 is 0 Å². The SMILES string of the molecule is CCCC(CN1CCCC(C)(C)CC1)NCC. The highest BCUT2D eigenvalue weighted by Crippen LogP contribution is 2.29. The average Bonchev–Trinajstić information content (AvgIpc) is 2.41. The number of hydrogen-bond donors (Lipinski definition) is 1. The first kappa shape index (κ1) is 15.0. The molecule has 1 aliphatic heterocycles. The fourth-order valence-corrected chi connectivity index (χ4v) is 2.87. The van der Waals surface area contributed by atoms with Crippen molar-refractivity contribution in [3.8, 4) is 0 Å². The molecule has 1 aliphatic rings. The molecule has 0 saturated carbocycles. The lowest BCUT2D eigenvalue weighted by molar-refractivity contribution is 0.232. The van der Waals surface area contributed by atoms with Gasteiger partial charge in [0, 0.05) is 12.6 Å². The van der Waals surface area contributed by atoms with Gasteiger partial charge in [0.05, 0.1) is 0 Å². The topological polar surface area (TPSA) is 15.3 Å². The van der Waals surface area contributed by atoms with Crippen molar-refractivity contribution >= 4 is 0 Å². The normalized spacial score (nSPS) is 23.3. The lowest BCUT2D eigenvalue weighted by Crippen LogP contribution is -2.41. The zero-order valence-electron chi connectivity index (χ0n) is 12.4. The number of nitrogens with zero attached hydrogens (tertiary/aromatic N) is 1. The predicted octanol–water partition coefficient (Wildman–Crippen LogP) is 3.28. The molecule has 0 amide bonds. The van der Waals surface area contributed by atoms with E-state index in [4.69, 9.17) is 0 Å². The summed E-state index contributed by atoms with van der Waals surface area (Å²) in [6.07, 6.45) is 6.73. The summed E-state index contributed by atoms with van der Waals surface area (Å²) in [6.45, 7) is 14.3.